The summed E-state index contributed by atoms with van der Waals surface area (Å²) in [6, 6.07) is 15.4. The van der Waals surface area contributed by atoms with E-state index in [9.17, 15) is 4.79 Å². The maximum atomic E-state index is 12.4. The molecule has 4 rings (SSSR count). The number of aromatic nitrogens is 2. The molecule has 0 radical (unpaired) electrons. The van der Waals surface area contributed by atoms with Crippen LogP contribution in [0.3, 0.4) is 0 Å². The fraction of sp³-hybridized carbons (Fsp3) is 0.150. The fourth-order valence-electron chi connectivity index (χ4n) is 2.77. The molecule has 5 nitrogen and oxygen atoms in total. The number of thiazole rings is 1. The Morgan fingerprint density at radius 2 is 1.92 bits per heavy atom. The average molecular weight is 363 g/mol. The first kappa shape index (κ1) is 16.5. The number of carbonyl (C=O) groups excluding carboxylic acids is 1. The summed E-state index contributed by atoms with van der Waals surface area (Å²) in [7, 11) is 0. The molecule has 130 valence electrons. The van der Waals surface area contributed by atoms with Crippen LogP contribution in [-0.2, 0) is 11.2 Å². The van der Waals surface area contributed by atoms with Crippen LogP contribution in [0.1, 0.15) is 16.5 Å². The van der Waals surface area contributed by atoms with Crippen molar-refractivity contribution < 1.29 is 9.21 Å². The zero-order chi connectivity index (χ0) is 18.1. The van der Waals surface area contributed by atoms with E-state index in [1.807, 2.05) is 62.4 Å². The summed E-state index contributed by atoms with van der Waals surface area (Å²) in [4.78, 5) is 21.3. The first-order valence-corrected chi connectivity index (χ1v) is 9.09. The van der Waals surface area contributed by atoms with Crippen molar-refractivity contribution in [2.24, 2.45) is 0 Å². The molecule has 26 heavy (non-hydrogen) atoms. The number of nitrogens with zero attached hydrogens (tertiary/aromatic N) is 2. The van der Waals surface area contributed by atoms with Crippen LogP contribution in [0.25, 0.3) is 21.7 Å². The van der Waals surface area contributed by atoms with Gasteiger partial charge in [0, 0.05) is 11.3 Å². The number of rotatable bonds is 4. The van der Waals surface area contributed by atoms with Crippen molar-refractivity contribution in [3.63, 3.8) is 0 Å². The Morgan fingerprint density at radius 3 is 2.73 bits per heavy atom. The van der Waals surface area contributed by atoms with Gasteiger partial charge < -0.3 is 9.73 Å². The van der Waals surface area contributed by atoms with Crippen molar-refractivity contribution in [2.75, 3.05) is 5.32 Å². The number of oxazole rings is 1. The number of benzene rings is 2. The van der Waals surface area contributed by atoms with Crippen molar-refractivity contribution in [2.45, 2.75) is 20.3 Å². The number of anilines is 1. The molecule has 1 N–H and O–H groups in total. The molecule has 0 atom stereocenters. The SMILES string of the molecule is Cc1nc2cc(NC(=O)Cc3nc(-c4ccccc4)oc3C)ccc2s1. The van der Waals surface area contributed by atoms with E-state index in [0.29, 0.717) is 17.3 Å². The first-order chi connectivity index (χ1) is 12.6. The summed E-state index contributed by atoms with van der Waals surface area (Å²) in [6.45, 7) is 3.80. The van der Waals surface area contributed by atoms with E-state index in [2.05, 4.69) is 15.3 Å². The summed E-state index contributed by atoms with van der Waals surface area (Å²) < 4.78 is 6.82. The smallest absolute Gasteiger partial charge is 0.230 e. The van der Waals surface area contributed by atoms with E-state index in [0.717, 1.165) is 26.5 Å². The monoisotopic (exact) mass is 363 g/mol. The molecule has 0 fully saturated rings. The topological polar surface area (TPSA) is 68.0 Å². The zero-order valence-corrected chi connectivity index (χ0v) is 15.3. The number of hydrogen-bond donors (Lipinski definition) is 1. The lowest BCUT2D eigenvalue weighted by atomic mass is 10.2. The van der Waals surface area contributed by atoms with E-state index >= 15 is 0 Å². The summed E-state index contributed by atoms with van der Waals surface area (Å²) in [5, 5.41) is 3.92. The molecule has 0 aliphatic heterocycles. The minimum atomic E-state index is -0.132. The number of amides is 1. The molecule has 0 aliphatic carbocycles. The molecule has 0 saturated heterocycles. The van der Waals surface area contributed by atoms with Crippen LogP contribution >= 0.6 is 11.3 Å². The maximum absolute atomic E-state index is 12.4. The van der Waals surface area contributed by atoms with Gasteiger partial charge in [0.2, 0.25) is 11.8 Å². The number of carbonyl (C=O) groups is 1. The molecule has 1 amide bonds. The molecule has 0 bridgehead atoms. The van der Waals surface area contributed by atoms with Crippen LogP contribution in [0.5, 0.6) is 0 Å². The Balaban J connectivity index is 1.50. The van der Waals surface area contributed by atoms with Crippen LogP contribution in [0.15, 0.2) is 52.9 Å². The number of hydrogen-bond acceptors (Lipinski definition) is 5. The van der Waals surface area contributed by atoms with Gasteiger partial charge in [0.05, 0.1) is 27.3 Å². The highest BCUT2D eigenvalue weighted by atomic mass is 32.1. The summed E-state index contributed by atoms with van der Waals surface area (Å²) in [5.41, 5.74) is 3.17. The third kappa shape index (κ3) is 3.36. The molecule has 2 aromatic heterocycles. The molecular weight excluding hydrogens is 346 g/mol. The van der Waals surface area contributed by atoms with E-state index < -0.39 is 0 Å². The van der Waals surface area contributed by atoms with Crippen molar-refractivity contribution >= 4 is 33.1 Å². The lowest BCUT2D eigenvalue weighted by Crippen LogP contribution is -2.15. The Kier molecular flexibility index (Phi) is 4.26. The average Bonchev–Trinajstić information content (AvgIpc) is 3.17. The molecule has 4 aromatic rings. The van der Waals surface area contributed by atoms with E-state index in [1.165, 1.54) is 0 Å². The lowest BCUT2D eigenvalue weighted by Gasteiger charge is -2.04. The van der Waals surface area contributed by atoms with E-state index in [1.54, 1.807) is 11.3 Å². The van der Waals surface area contributed by atoms with Gasteiger partial charge in [-0.05, 0) is 44.2 Å². The van der Waals surface area contributed by atoms with Gasteiger partial charge in [0.1, 0.15) is 5.76 Å². The van der Waals surface area contributed by atoms with Crippen molar-refractivity contribution in [3.8, 4) is 11.5 Å². The Labute approximate surface area is 154 Å². The Bertz CT molecular complexity index is 1080. The molecule has 0 spiro atoms. The maximum Gasteiger partial charge on any atom is 0.230 e. The van der Waals surface area contributed by atoms with Crippen molar-refractivity contribution in [1.29, 1.82) is 0 Å². The largest absolute Gasteiger partial charge is 0.441 e. The molecular formula is C20H17N3O2S. The highest BCUT2D eigenvalue weighted by Gasteiger charge is 2.15. The molecule has 6 heteroatoms. The van der Waals surface area contributed by atoms with Crippen LogP contribution in [0.2, 0.25) is 0 Å². The van der Waals surface area contributed by atoms with Gasteiger partial charge in [-0.3, -0.25) is 4.79 Å². The van der Waals surface area contributed by atoms with Gasteiger partial charge in [-0.1, -0.05) is 18.2 Å². The normalized spacial score (nSPS) is 11.0. The predicted octanol–water partition coefficient (Wildman–Crippen LogP) is 4.75. The van der Waals surface area contributed by atoms with Crippen LogP contribution in [0.4, 0.5) is 5.69 Å². The van der Waals surface area contributed by atoms with Gasteiger partial charge in [-0.2, -0.15) is 0 Å². The third-order valence-corrected chi connectivity index (χ3v) is 4.97. The first-order valence-electron chi connectivity index (χ1n) is 8.27. The molecule has 0 saturated carbocycles. The Hall–Kier alpha value is -2.99. The van der Waals surface area contributed by atoms with Gasteiger partial charge >= 0.3 is 0 Å². The highest BCUT2D eigenvalue weighted by Crippen LogP contribution is 2.25. The van der Waals surface area contributed by atoms with Gasteiger partial charge in [-0.25, -0.2) is 9.97 Å². The van der Waals surface area contributed by atoms with Crippen molar-refractivity contribution in [1.82, 2.24) is 9.97 Å². The molecule has 2 heterocycles. The highest BCUT2D eigenvalue weighted by molar-refractivity contribution is 7.18. The van der Waals surface area contributed by atoms with Gasteiger partial charge in [-0.15, -0.1) is 11.3 Å². The van der Waals surface area contributed by atoms with Crippen molar-refractivity contribution in [3.05, 3.63) is 65.0 Å². The minimum absolute atomic E-state index is 0.132. The Morgan fingerprint density at radius 1 is 1.12 bits per heavy atom. The van der Waals surface area contributed by atoms with Gasteiger partial charge in [0.15, 0.2) is 0 Å². The summed E-state index contributed by atoms with van der Waals surface area (Å²) in [5.74, 6) is 1.06. The zero-order valence-electron chi connectivity index (χ0n) is 14.4. The van der Waals surface area contributed by atoms with Crippen LogP contribution in [-0.4, -0.2) is 15.9 Å². The number of aryl methyl sites for hydroxylation is 2. The standard InChI is InChI=1S/C20H17N3O2S/c1-12-16(23-20(25-12)14-6-4-3-5-7-14)11-19(24)22-15-8-9-18-17(10-15)21-13(2)26-18/h3-10H,11H2,1-2H3,(H,22,24). The van der Waals surface area contributed by atoms with Gasteiger partial charge in [0.25, 0.3) is 0 Å². The second-order valence-electron chi connectivity index (χ2n) is 6.03. The molecule has 0 unspecified atom stereocenters. The number of nitrogens with one attached hydrogen (secondary N) is 1. The van der Waals surface area contributed by atoms with Crippen LogP contribution < -0.4 is 5.32 Å². The predicted molar refractivity (Wildman–Crippen MR) is 103 cm³/mol. The third-order valence-electron chi connectivity index (χ3n) is 4.02. The summed E-state index contributed by atoms with van der Waals surface area (Å²) >= 11 is 1.64. The minimum Gasteiger partial charge on any atom is -0.441 e. The lowest BCUT2D eigenvalue weighted by molar-refractivity contribution is -0.115. The number of fused-ring (bicyclic) bond motifs is 1. The van der Waals surface area contributed by atoms with E-state index in [4.69, 9.17) is 4.42 Å². The summed E-state index contributed by atoms with van der Waals surface area (Å²) in [6.07, 6.45) is 0.163. The van der Waals surface area contributed by atoms with Crippen LogP contribution in [0, 0.1) is 13.8 Å². The quantitative estimate of drug-likeness (QED) is 0.568. The van der Waals surface area contributed by atoms with E-state index in [-0.39, 0.29) is 12.3 Å². The molecule has 2 aromatic carbocycles. The fourth-order valence-corrected chi connectivity index (χ4v) is 3.58. The second kappa shape index (κ2) is 6.72. The molecule has 0 aliphatic rings. The second-order valence-corrected chi connectivity index (χ2v) is 7.26.